The van der Waals surface area contributed by atoms with Crippen molar-refractivity contribution in [1.29, 1.82) is 0 Å². The van der Waals surface area contributed by atoms with Crippen molar-refractivity contribution < 1.29 is 4.39 Å². The highest BCUT2D eigenvalue weighted by Crippen LogP contribution is 2.09. The second-order valence-electron chi connectivity index (χ2n) is 2.54. The molecule has 0 aliphatic carbocycles. The lowest BCUT2D eigenvalue weighted by atomic mass is 10.0. The van der Waals surface area contributed by atoms with Gasteiger partial charge in [-0.1, -0.05) is 58.6 Å². The summed E-state index contributed by atoms with van der Waals surface area (Å²) in [5, 5.41) is 0. The maximum atomic E-state index is 9.50. The third-order valence-electron chi connectivity index (χ3n) is 1.42. The van der Waals surface area contributed by atoms with E-state index in [4.69, 9.17) is 0 Å². The molecule has 14 heavy (non-hydrogen) atoms. The van der Waals surface area contributed by atoms with E-state index in [9.17, 15) is 4.39 Å². The lowest BCUT2D eigenvalue weighted by Gasteiger charge is -2.03. The summed E-state index contributed by atoms with van der Waals surface area (Å²) in [4.78, 5) is 0. The van der Waals surface area contributed by atoms with Crippen LogP contribution in [0.5, 0.6) is 0 Å². The highest BCUT2D eigenvalue weighted by molar-refractivity contribution is 5.22. The summed E-state index contributed by atoms with van der Waals surface area (Å²) in [6, 6.07) is 0. The average Bonchev–Trinajstić information content (AvgIpc) is 2.24. The zero-order valence-electron chi connectivity index (χ0n) is 10.5. The number of hydrogen-bond donors (Lipinski definition) is 0. The topological polar surface area (TPSA) is 0 Å². The molecular formula is C13H25F. The minimum atomic E-state index is 0.500. The Morgan fingerprint density at radius 3 is 1.86 bits per heavy atom. The molecule has 0 aromatic rings. The van der Waals surface area contributed by atoms with Crippen molar-refractivity contribution in [2.75, 3.05) is 7.18 Å². The van der Waals surface area contributed by atoms with Gasteiger partial charge in [0.1, 0.15) is 0 Å². The van der Waals surface area contributed by atoms with Crippen LogP contribution >= 0.6 is 0 Å². The molecule has 0 spiro atoms. The summed E-state index contributed by atoms with van der Waals surface area (Å²) in [7, 11) is 0.500. The van der Waals surface area contributed by atoms with E-state index in [-0.39, 0.29) is 0 Å². The van der Waals surface area contributed by atoms with Gasteiger partial charge in [0.05, 0.1) is 7.18 Å². The fraction of sp³-hybridized carbons (Fsp3) is 0.538. The molecule has 0 amide bonds. The first kappa shape index (κ1) is 18.8. The van der Waals surface area contributed by atoms with Gasteiger partial charge in [-0.2, -0.15) is 0 Å². The molecule has 0 saturated heterocycles. The highest BCUT2D eigenvalue weighted by atomic mass is 19.1. The predicted octanol–water partition coefficient (Wildman–Crippen LogP) is 4.94. The van der Waals surface area contributed by atoms with Gasteiger partial charge in [0.15, 0.2) is 0 Å². The van der Waals surface area contributed by atoms with E-state index >= 15 is 0 Å². The molecule has 0 heterocycles. The Morgan fingerprint density at radius 2 is 1.64 bits per heavy atom. The molecule has 0 saturated carbocycles. The molecule has 0 radical (unpaired) electrons. The lowest BCUT2D eigenvalue weighted by Crippen LogP contribution is -1.88. The SMILES string of the molecule is C=C/C=C\C(=C/C)C(C)C.CC.CF. The van der Waals surface area contributed by atoms with Gasteiger partial charge in [0.25, 0.3) is 0 Å². The van der Waals surface area contributed by atoms with Crippen molar-refractivity contribution in [3.8, 4) is 0 Å². The molecule has 0 N–H and O–H groups in total. The van der Waals surface area contributed by atoms with Crippen LogP contribution in [-0.2, 0) is 0 Å². The van der Waals surface area contributed by atoms with Gasteiger partial charge in [-0.05, 0) is 18.4 Å². The molecule has 0 bridgehead atoms. The van der Waals surface area contributed by atoms with E-state index in [1.54, 1.807) is 6.08 Å². The smallest absolute Gasteiger partial charge is 0.0785 e. The summed E-state index contributed by atoms with van der Waals surface area (Å²) >= 11 is 0. The molecular weight excluding hydrogens is 175 g/mol. The number of halogens is 1. The normalized spacial score (nSPS) is 10.1. The van der Waals surface area contributed by atoms with Crippen LogP contribution < -0.4 is 0 Å². The number of rotatable bonds is 3. The lowest BCUT2D eigenvalue weighted by molar-refractivity contribution is 0.636. The Bertz CT molecular complexity index is 153. The van der Waals surface area contributed by atoms with Crippen LogP contribution in [0.3, 0.4) is 0 Å². The van der Waals surface area contributed by atoms with Crippen LogP contribution in [-0.4, -0.2) is 7.18 Å². The zero-order valence-corrected chi connectivity index (χ0v) is 10.5. The molecule has 0 nitrogen and oxygen atoms in total. The number of hydrogen-bond acceptors (Lipinski definition) is 0. The molecule has 0 aliphatic rings. The largest absolute Gasteiger partial charge is 0.255 e. The summed E-state index contributed by atoms with van der Waals surface area (Å²) < 4.78 is 9.50. The maximum absolute atomic E-state index is 9.50. The van der Waals surface area contributed by atoms with Crippen molar-refractivity contribution in [3.05, 3.63) is 36.5 Å². The average molecular weight is 200 g/mol. The van der Waals surface area contributed by atoms with Gasteiger partial charge in [0, 0.05) is 0 Å². The molecule has 0 atom stereocenters. The van der Waals surface area contributed by atoms with E-state index < -0.39 is 0 Å². The van der Waals surface area contributed by atoms with Gasteiger partial charge >= 0.3 is 0 Å². The summed E-state index contributed by atoms with van der Waals surface area (Å²) in [5.41, 5.74) is 1.36. The fourth-order valence-corrected chi connectivity index (χ4v) is 0.801. The van der Waals surface area contributed by atoms with Crippen LogP contribution in [0.2, 0.25) is 0 Å². The molecule has 0 unspecified atom stereocenters. The van der Waals surface area contributed by atoms with Crippen LogP contribution in [0, 0.1) is 5.92 Å². The Hall–Kier alpha value is -0.850. The van der Waals surface area contributed by atoms with Gasteiger partial charge in [0.2, 0.25) is 0 Å². The number of alkyl halides is 1. The standard InChI is InChI=1S/C10H16.C2H6.CH3F/c1-5-7-8-10(6-2)9(3)4;2*1-2/h5-9H,1H2,2-4H3;1-2H3;1H3/b8-7-,10-6+;;. The molecule has 0 rings (SSSR count). The van der Waals surface area contributed by atoms with E-state index in [1.165, 1.54) is 5.57 Å². The van der Waals surface area contributed by atoms with E-state index in [0.29, 0.717) is 13.1 Å². The van der Waals surface area contributed by atoms with Gasteiger partial charge < -0.3 is 0 Å². The second kappa shape index (κ2) is 18.0. The van der Waals surface area contributed by atoms with Crippen molar-refractivity contribution in [1.82, 2.24) is 0 Å². The third-order valence-corrected chi connectivity index (χ3v) is 1.42. The van der Waals surface area contributed by atoms with Gasteiger partial charge in [-0.15, -0.1) is 0 Å². The van der Waals surface area contributed by atoms with Gasteiger partial charge in [-0.3, -0.25) is 4.39 Å². The van der Waals surface area contributed by atoms with Crippen molar-refractivity contribution in [3.63, 3.8) is 0 Å². The first-order chi connectivity index (χ1) is 6.72. The summed E-state index contributed by atoms with van der Waals surface area (Å²) in [6.45, 7) is 14.0. The summed E-state index contributed by atoms with van der Waals surface area (Å²) in [5.74, 6) is 0.612. The molecule has 0 aliphatic heterocycles. The number of allylic oxidation sites excluding steroid dienone is 5. The Kier molecular flexibility index (Phi) is 24.3. The van der Waals surface area contributed by atoms with Gasteiger partial charge in [-0.25, -0.2) is 0 Å². The van der Waals surface area contributed by atoms with E-state index in [1.807, 2.05) is 19.9 Å². The quantitative estimate of drug-likeness (QED) is 0.566. The van der Waals surface area contributed by atoms with E-state index in [2.05, 4.69) is 39.5 Å². The van der Waals surface area contributed by atoms with Crippen LogP contribution in [0.1, 0.15) is 34.6 Å². The monoisotopic (exact) mass is 200 g/mol. The minimum Gasteiger partial charge on any atom is -0.255 e. The first-order valence-electron chi connectivity index (χ1n) is 5.05. The van der Waals surface area contributed by atoms with Crippen molar-refractivity contribution in [2.24, 2.45) is 5.92 Å². The first-order valence-corrected chi connectivity index (χ1v) is 5.05. The molecule has 0 fully saturated rings. The van der Waals surface area contributed by atoms with E-state index in [0.717, 1.165) is 0 Å². The van der Waals surface area contributed by atoms with Crippen LogP contribution in [0.4, 0.5) is 4.39 Å². The Morgan fingerprint density at radius 1 is 1.21 bits per heavy atom. The maximum Gasteiger partial charge on any atom is 0.0785 e. The third kappa shape index (κ3) is 13.7. The second-order valence-corrected chi connectivity index (χ2v) is 2.54. The molecule has 1 heteroatoms. The van der Waals surface area contributed by atoms with Crippen molar-refractivity contribution >= 4 is 0 Å². The molecule has 0 aromatic carbocycles. The van der Waals surface area contributed by atoms with Crippen LogP contribution in [0.15, 0.2) is 36.5 Å². The Balaban J connectivity index is -0.000000266. The zero-order chi connectivity index (χ0) is 12.0. The molecule has 0 aromatic heterocycles. The minimum absolute atomic E-state index is 0.500. The highest BCUT2D eigenvalue weighted by Gasteiger charge is 1.94. The van der Waals surface area contributed by atoms with Crippen LogP contribution in [0.25, 0.3) is 0 Å². The Labute approximate surface area is 89.2 Å². The van der Waals surface area contributed by atoms with Crippen molar-refractivity contribution in [2.45, 2.75) is 34.6 Å². The fourth-order valence-electron chi connectivity index (χ4n) is 0.801. The molecule has 84 valence electrons. The predicted molar refractivity (Wildman–Crippen MR) is 66.3 cm³/mol. The summed E-state index contributed by atoms with van der Waals surface area (Å²) in [6.07, 6.45) is 7.99.